The predicted molar refractivity (Wildman–Crippen MR) is 130 cm³/mol. The molecule has 4 rings (SSSR count). The molecule has 0 aliphatic rings. The molecule has 162 valence electrons. The average molecular weight is 475 g/mol. The van der Waals surface area contributed by atoms with E-state index in [9.17, 15) is 4.79 Å². The lowest BCUT2D eigenvalue weighted by molar-refractivity contribution is 0.0983. The topological polar surface area (TPSA) is 58.6 Å². The Hall–Kier alpha value is -2.26. The molecular formula is C22H23ClN4O2S2. The van der Waals surface area contributed by atoms with Gasteiger partial charge in [0.2, 0.25) is 0 Å². The average Bonchev–Trinajstić information content (AvgIpc) is 3.42. The van der Waals surface area contributed by atoms with Gasteiger partial charge >= 0.3 is 0 Å². The summed E-state index contributed by atoms with van der Waals surface area (Å²) in [5, 5.41) is 1.64. The molecule has 1 amide bonds. The number of hydrogen-bond donors (Lipinski definition) is 0. The summed E-state index contributed by atoms with van der Waals surface area (Å²) in [4.78, 5) is 26.9. The number of para-hydroxylation sites is 1. The van der Waals surface area contributed by atoms with Gasteiger partial charge in [-0.2, -0.15) is 0 Å². The number of rotatable bonds is 8. The Balaban J connectivity index is 1.76. The van der Waals surface area contributed by atoms with Crippen LogP contribution in [0.1, 0.15) is 23.6 Å². The SMILES string of the molecule is CCN(CC)CCN(C(=O)c1nc2ccccc2s1)c1nc2c(OC)ccc(Cl)c2s1. The number of benzene rings is 2. The molecule has 0 aliphatic heterocycles. The molecule has 0 unspecified atom stereocenters. The first-order valence-corrected chi connectivity index (χ1v) is 12.1. The third-order valence-corrected chi connectivity index (χ3v) is 7.72. The highest BCUT2D eigenvalue weighted by atomic mass is 35.5. The van der Waals surface area contributed by atoms with E-state index in [1.165, 1.54) is 22.7 Å². The minimum absolute atomic E-state index is 0.150. The molecule has 4 aromatic rings. The van der Waals surface area contributed by atoms with Gasteiger partial charge in [0, 0.05) is 13.1 Å². The lowest BCUT2D eigenvalue weighted by atomic mass is 10.3. The van der Waals surface area contributed by atoms with Crippen LogP contribution in [0.3, 0.4) is 0 Å². The summed E-state index contributed by atoms with van der Waals surface area (Å²) >= 11 is 9.22. The number of hydrogen-bond acceptors (Lipinski definition) is 7. The maximum Gasteiger partial charge on any atom is 0.289 e. The van der Waals surface area contributed by atoms with Crippen LogP contribution in [0.4, 0.5) is 5.13 Å². The zero-order chi connectivity index (χ0) is 22.0. The lowest BCUT2D eigenvalue weighted by Crippen LogP contribution is -2.38. The Morgan fingerprint density at radius 3 is 2.55 bits per heavy atom. The summed E-state index contributed by atoms with van der Waals surface area (Å²) in [5.41, 5.74) is 1.49. The highest BCUT2D eigenvalue weighted by Crippen LogP contribution is 2.39. The van der Waals surface area contributed by atoms with E-state index in [-0.39, 0.29) is 5.91 Å². The number of aromatic nitrogens is 2. The molecule has 0 fully saturated rings. The quantitative estimate of drug-likeness (QED) is 0.334. The standard InChI is InChI=1S/C22H23ClN4O2S2/c1-4-26(5-2)12-13-27(21(28)20-24-15-8-6-7-9-17(15)30-20)22-25-18-16(29-3)11-10-14(23)19(18)31-22/h6-11H,4-5,12-13H2,1-3H3. The summed E-state index contributed by atoms with van der Waals surface area (Å²) in [6.45, 7) is 7.32. The van der Waals surface area contributed by atoms with Crippen molar-refractivity contribution in [3.05, 3.63) is 46.4 Å². The van der Waals surface area contributed by atoms with Gasteiger partial charge in [0.15, 0.2) is 10.1 Å². The van der Waals surface area contributed by atoms with Gasteiger partial charge in [0.1, 0.15) is 11.3 Å². The number of methoxy groups -OCH3 is 1. The zero-order valence-corrected chi connectivity index (χ0v) is 20.0. The van der Waals surface area contributed by atoms with Crippen LogP contribution in [-0.2, 0) is 0 Å². The van der Waals surface area contributed by atoms with E-state index >= 15 is 0 Å². The molecule has 9 heteroatoms. The monoisotopic (exact) mass is 474 g/mol. The highest BCUT2D eigenvalue weighted by Gasteiger charge is 2.26. The van der Waals surface area contributed by atoms with Crippen LogP contribution in [-0.4, -0.2) is 54.1 Å². The minimum atomic E-state index is -0.150. The second kappa shape index (κ2) is 9.48. The molecule has 0 aliphatic carbocycles. The third-order valence-electron chi connectivity index (χ3n) is 5.15. The summed E-state index contributed by atoms with van der Waals surface area (Å²) in [5.74, 6) is 0.487. The van der Waals surface area contributed by atoms with Crippen LogP contribution in [0.15, 0.2) is 36.4 Å². The van der Waals surface area contributed by atoms with Crippen LogP contribution < -0.4 is 9.64 Å². The predicted octanol–water partition coefficient (Wildman–Crippen LogP) is 5.56. The van der Waals surface area contributed by atoms with E-state index in [0.717, 1.165) is 34.6 Å². The van der Waals surface area contributed by atoms with Crippen molar-refractivity contribution in [1.82, 2.24) is 14.9 Å². The summed E-state index contributed by atoms with van der Waals surface area (Å²) in [6.07, 6.45) is 0. The molecule has 0 spiro atoms. The first-order chi connectivity index (χ1) is 15.0. The molecule has 0 atom stereocenters. The van der Waals surface area contributed by atoms with Gasteiger partial charge in [0.25, 0.3) is 5.91 Å². The van der Waals surface area contributed by atoms with E-state index in [0.29, 0.717) is 33.0 Å². The third kappa shape index (κ3) is 4.39. The number of anilines is 1. The number of likely N-dealkylation sites (N-methyl/N-ethyl adjacent to an activating group) is 1. The number of nitrogens with zero attached hydrogens (tertiary/aromatic N) is 4. The Kier molecular flexibility index (Phi) is 6.71. The van der Waals surface area contributed by atoms with Crippen LogP contribution in [0, 0.1) is 0 Å². The molecule has 0 bridgehead atoms. The molecule has 2 heterocycles. The molecule has 0 saturated heterocycles. The van der Waals surface area contributed by atoms with Crippen molar-refractivity contribution in [2.75, 3.05) is 38.2 Å². The fourth-order valence-electron chi connectivity index (χ4n) is 3.37. The molecular weight excluding hydrogens is 452 g/mol. The van der Waals surface area contributed by atoms with E-state index in [1.807, 2.05) is 24.3 Å². The van der Waals surface area contributed by atoms with Crippen LogP contribution in [0.25, 0.3) is 20.4 Å². The fourth-order valence-corrected chi connectivity index (χ4v) is 5.56. The second-order valence-electron chi connectivity index (χ2n) is 6.89. The molecule has 2 aromatic carbocycles. The summed E-state index contributed by atoms with van der Waals surface area (Å²) < 4.78 is 7.25. The smallest absolute Gasteiger partial charge is 0.289 e. The molecule has 0 N–H and O–H groups in total. The van der Waals surface area contributed by atoms with Crippen LogP contribution in [0.5, 0.6) is 5.75 Å². The highest BCUT2D eigenvalue weighted by molar-refractivity contribution is 7.23. The van der Waals surface area contributed by atoms with Gasteiger partial charge in [-0.25, -0.2) is 9.97 Å². The number of ether oxygens (including phenoxy) is 1. The van der Waals surface area contributed by atoms with Crippen molar-refractivity contribution >= 4 is 65.7 Å². The van der Waals surface area contributed by atoms with Crippen molar-refractivity contribution in [3.63, 3.8) is 0 Å². The van der Waals surface area contributed by atoms with E-state index in [4.69, 9.17) is 21.3 Å². The number of carbonyl (C=O) groups is 1. The first kappa shape index (κ1) is 22.0. The number of thiazole rings is 2. The largest absolute Gasteiger partial charge is 0.494 e. The van der Waals surface area contributed by atoms with Gasteiger partial charge in [-0.1, -0.05) is 48.9 Å². The lowest BCUT2D eigenvalue weighted by Gasteiger charge is -2.24. The number of halogens is 1. The molecule has 0 saturated carbocycles. The van der Waals surface area contributed by atoms with Gasteiger partial charge in [-0.3, -0.25) is 9.69 Å². The number of amides is 1. The normalized spacial score (nSPS) is 11.5. The van der Waals surface area contributed by atoms with E-state index in [1.54, 1.807) is 24.1 Å². The van der Waals surface area contributed by atoms with Crippen molar-refractivity contribution in [1.29, 1.82) is 0 Å². The molecule has 2 aromatic heterocycles. The van der Waals surface area contributed by atoms with Crippen molar-refractivity contribution in [3.8, 4) is 5.75 Å². The van der Waals surface area contributed by atoms with Crippen LogP contribution in [0.2, 0.25) is 5.02 Å². The van der Waals surface area contributed by atoms with Crippen molar-refractivity contribution in [2.45, 2.75) is 13.8 Å². The second-order valence-corrected chi connectivity index (χ2v) is 9.31. The van der Waals surface area contributed by atoms with Crippen LogP contribution >= 0.6 is 34.3 Å². The number of fused-ring (bicyclic) bond motifs is 2. The molecule has 6 nitrogen and oxygen atoms in total. The zero-order valence-electron chi connectivity index (χ0n) is 17.6. The number of carbonyl (C=O) groups excluding carboxylic acids is 1. The Labute approximate surface area is 194 Å². The van der Waals surface area contributed by atoms with Crippen molar-refractivity contribution < 1.29 is 9.53 Å². The van der Waals surface area contributed by atoms with Gasteiger partial charge < -0.3 is 9.64 Å². The first-order valence-electron chi connectivity index (χ1n) is 10.1. The maximum absolute atomic E-state index is 13.6. The maximum atomic E-state index is 13.6. The Morgan fingerprint density at radius 1 is 1.06 bits per heavy atom. The van der Waals surface area contributed by atoms with E-state index in [2.05, 4.69) is 23.7 Å². The Morgan fingerprint density at radius 2 is 1.84 bits per heavy atom. The summed E-state index contributed by atoms with van der Waals surface area (Å²) in [6, 6.07) is 11.4. The van der Waals surface area contributed by atoms with Gasteiger partial charge in [-0.15, -0.1) is 11.3 Å². The minimum Gasteiger partial charge on any atom is -0.494 e. The van der Waals surface area contributed by atoms with Gasteiger partial charge in [0.05, 0.1) is 27.0 Å². The van der Waals surface area contributed by atoms with Gasteiger partial charge in [-0.05, 0) is 37.4 Å². The molecule has 31 heavy (non-hydrogen) atoms. The summed E-state index contributed by atoms with van der Waals surface area (Å²) in [7, 11) is 1.60. The molecule has 0 radical (unpaired) electrons. The Bertz CT molecular complexity index is 1190. The van der Waals surface area contributed by atoms with E-state index < -0.39 is 0 Å². The fraction of sp³-hybridized carbons (Fsp3) is 0.318. The van der Waals surface area contributed by atoms with Crippen molar-refractivity contribution in [2.24, 2.45) is 0 Å².